The van der Waals surface area contributed by atoms with Crippen LogP contribution in [-0.4, -0.2) is 47.1 Å². The molecule has 24 heavy (non-hydrogen) atoms. The van der Waals surface area contributed by atoms with Gasteiger partial charge in [-0.15, -0.1) is 11.8 Å². The van der Waals surface area contributed by atoms with E-state index in [1.54, 1.807) is 29.3 Å². The predicted molar refractivity (Wildman–Crippen MR) is 91.1 cm³/mol. The van der Waals surface area contributed by atoms with Crippen molar-refractivity contribution in [2.45, 2.75) is 23.9 Å². The molecule has 7 heteroatoms. The summed E-state index contributed by atoms with van der Waals surface area (Å²) in [7, 11) is 0. The lowest BCUT2D eigenvalue weighted by Crippen LogP contribution is -2.46. The molecule has 0 bridgehead atoms. The van der Waals surface area contributed by atoms with E-state index >= 15 is 0 Å². The zero-order valence-electron chi connectivity index (χ0n) is 13.4. The highest BCUT2D eigenvalue weighted by molar-refractivity contribution is 7.98. The molecule has 0 spiro atoms. The summed E-state index contributed by atoms with van der Waals surface area (Å²) in [5, 5.41) is 3.78. The molecule has 2 aromatic rings. The van der Waals surface area contributed by atoms with E-state index < -0.39 is 0 Å². The first-order valence-corrected chi connectivity index (χ1v) is 9.03. The lowest BCUT2D eigenvalue weighted by atomic mass is 10.0. The Morgan fingerprint density at radius 1 is 1.33 bits per heavy atom. The molecule has 0 unspecified atom stereocenters. The third kappa shape index (κ3) is 3.62. The third-order valence-electron chi connectivity index (χ3n) is 4.09. The van der Waals surface area contributed by atoms with Gasteiger partial charge in [-0.25, -0.2) is 4.98 Å². The number of thioether (sulfide) groups is 1. The van der Waals surface area contributed by atoms with Crippen LogP contribution in [0.1, 0.15) is 33.6 Å². The van der Waals surface area contributed by atoms with Crippen LogP contribution in [-0.2, 0) is 0 Å². The van der Waals surface area contributed by atoms with E-state index in [9.17, 15) is 9.59 Å². The topological polar surface area (TPSA) is 75.4 Å². The number of hydrogen-bond donors (Lipinski definition) is 1. The molecule has 0 aromatic carbocycles. The summed E-state index contributed by atoms with van der Waals surface area (Å²) in [5.41, 5.74) is 1.17. The van der Waals surface area contributed by atoms with E-state index in [1.165, 1.54) is 24.3 Å². The summed E-state index contributed by atoms with van der Waals surface area (Å²) < 4.78 is 4.96. The van der Waals surface area contributed by atoms with Gasteiger partial charge in [-0.1, -0.05) is 0 Å². The fraction of sp³-hybridized carbons (Fsp3) is 0.353. The molecule has 1 aliphatic rings. The number of carbonyl (C=O) groups is 2. The van der Waals surface area contributed by atoms with Crippen molar-refractivity contribution in [2.24, 2.45) is 0 Å². The molecular formula is C17H19N3O3S. The SMILES string of the molecule is CSc1ncccc1C(=O)NC1CCN(C(=O)c2ccoc2)CC1. The monoisotopic (exact) mass is 345 g/mol. The minimum absolute atomic E-state index is 0.0227. The van der Waals surface area contributed by atoms with Crippen LogP contribution in [0.2, 0.25) is 0 Å². The number of nitrogens with one attached hydrogen (secondary N) is 1. The second-order valence-electron chi connectivity index (χ2n) is 5.61. The van der Waals surface area contributed by atoms with E-state index in [0.29, 0.717) is 24.2 Å². The Bertz CT molecular complexity index is 710. The molecule has 2 aromatic heterocycles. The molecule has 3 rings (SSSR count). The van der Waals surface area contributed by atoms with Crippen molar-refractivity contribution in [3.63, 3.8) is 0 Å². The van der Waals surface area contributed by atoms with Gasteiger partial charge in [-0.2, -0.15) is 0 Å². The van der Waals surface area contributed by atoms with Crippen molar-refractivity contribution < 1.29 is 14.0 Å². The van der Waals surface area contributed by atoms with Gasteiger partial charge in [0.15, 0.2) is 0 Å². The molecule has 1 saturated heterocycles. The number of piperidine rings is 1. The highest BCUT2D eigenvalue weighted by Crippen LogP contribution is 2.18. The van der Waals surface area contributed by atoms with Gasteiger partial charge in [-0.3, -0.25) is 9.59 Å². The molecule has 1 N–H and O–H groups in total. The molecule has 1 fully saturated rings. The summed E-state index contributed by atoms with van der Waals surface area (Å²) in [6, 6.07) is 5.29. The summed E-state index contributed by atoms with van der Waals surface area (Å²) in [6.45, 7) is 1.24. The number of hydrogen-bond acceptors (Lipinski definition) is 5. The largest absolute Gasteiger partial charge is 0.472 e. The second kappa shape index (κ2) is 7.53. The van der Waals surface area contributed by atoms with Gasteiger partial charge in [0, 0.05) is 25.3 Å². The first-order valence-electron chi connectivity index (χ1n) is 7.80. The zero-order chi connectivity index (χ0) is 16.9. The van der Waals surface area contributed by atoms with Crippen LogP contribution >= 0.6 is 11.8 Å². The van der Waals surface area contributed by atoms with Crippen LogP contribution in [0, 0.1) is 0 Å². The number of aromatic nitrogens is 1. The van der Waals surface area contributed by atoms with Crippen molar-refractivity contribution >= 4 is 23.6 Å². The van der Waals surface area contributed by atoms with Crippen molar-refractivity contribution in [2.75, 3.05) is 19.3 Å². The summed E-state index contributed by atoms with van der Waals surface area (Å²) in [6.07, 6.45) is 8.02. The summed E-state index contributed by atoms with van der Waals surface area (Å²) in [5.74, 6) is -0.127. The van der Waals surface area contributed by atoms with Gasteiger partial charge in [0.2, 0.25) is 0 Å². The number of nitrogens with zero attached hydrogens (tertiary/aromatic N) is 2. The van der Waals surface area contributed by atoms with Crippen LogP contribution < -0.4 is 5.32 Å². The summed E-state index contributed by atoms with van der Waals surface area (Å²) in [4.78, 5) is 30.7. The maximum atomic E-state index is 12.4. The van der Waals surface area contributed by atoms with E-state index in [1.807, 2.05) is 6.26 Å². The Morgan fingerprint density at radius 3 is 2.79 bits per heavy atom. The molecule has 0 aliphatic carbocycles. The minimum Gasteiger partial charge on any atom is -0.472 e. The third-order valence-corrected chi connectivity index (χ3v) is 4.81. The van der Waals surface area contributed by atoms with Crippen LogP contribution in [0.15, 0.2) is 46.4 Å². The average molecular weight is 345 g/mol. The molecule has 6 nitrogen and oxygen atoms in total. The van der Waals surface area contributed by atoms with Gasteiger partial charge in [0.25, 0.3) is 11.8 Å². The number of carbonyl (C=O) groups excluding carboxylic acids is 2. The second-order valence-corrected chi connectivity index (χ2v) is 6.41. The van der Waals surface area contributed by atoms with E-state index in [4.69, 9.17) is 4.42 Å². The van der Waals surface area contributed by atoms with Crippen LogP contribution in [0.5, 0.6) is 0 Å². The van der Waals surface area contributed by atoms with E-state index in [0.717, 1.165) is 17.9 Å². The van der Waals surface area contributed by atoms with Crippen molar-refractivity contribution in [3.05, 3.63) is 48.0 Å². The number of pyridine rings is 1. The van der Waals surface area contributed by atoms with Crippen LogP contribution in [0.4, 0.5) is 0 Å². The maximum absolute atomic E-state index is 12.4. The highest BCUT2D eigenvalue weighted by atomic mass is 32.2. The number of amides is 2. The Hall–Kier alpha value is -2.28. The molecule has 126 valence electrons. The lowest BCUT2D eigenvalue weighted by molar-refractivity contribution is 0.0697. The van der Waals surface area contributed by atoms with Gasteiger partial charge < -0.3 is 14.6 Å². The van der Waals surface area contributed by atoms with Crippen LogP contribution in [0.3, 0.4) is 0 Å². The Balaban J connectivity index is 1.55. The number of furan rings is 1. The van der Waals surface area contributed by atoms with Crippen molar-refractivity contribution in [1.29, 1.82) is 0 Å². The Labute approximate surface area is 144 Å². The molecule has 0 radical (unpaired) electrons. The van der Waals surface area contributed by atoms with Gasteiger partial charge >= 0.3 is 0 Å². The molecule has 0 saturated carbocycles. The molecule has 3 heterocycles. The number of likely N-dealkylation sites (tertiary alicyclic amines) is 1. The lowest BCUT2D eigenvalue weighted by Gasteiger charge is -2.32. The fourth-order valence-corrected chi connectivity index (χ4v) is 3.33. The van der Waals surface area contributed by atoms with Gasteiger partial charge in [0.1, 0.15) is 11.3 Å². The van der Waals surface area contributed by atoms with Gasteiger partial charge in [-0.05, 0) is 37.3 Å². The number of rotatable bonds is 4. The standard InChI is InChI=1S/C17H19N3O3S/c1-24-16-14(3-2-7-18-16)15(21)19-13-4-8-20(9-5-13)17(22)12-6-10-23-11-12/h2-3,6-7,10-11,13H,4-5,8-9H2,1H3,(H,19,21). The van der Waals surface area contributed by atoms with Gasteiger partial charge in [0.05, 0.1) is 17.4 Å². The van der Waals surface area contributed by atoms with E-state index in [-0.39, 0.29) is 17.9 Å². The fourth-order valence-electron chi connectivity index (χ4n) is 2.79. The molecule has 1 aliphatic heterocycles. The Kier molecular flexibility index (Phi) is 5.20. The van der Waals surface area contributed by atoms with Crippen molar-refractivity contribution in [3.8, 4) is 0 Å². The normalized spacial score (nSPS) is 15.3. The highest BCUT2D eigenvalue weighted by Gasteiger charge is 2.25. The molecule has 2 amide bonds. The first-order chi connectivity index (χ1) is 11.7. The molecular weight excluding hydrogens is 326 g/mol. The van der Waals surface area contributed by atoms with Crippen LogP contribution in [0.25, 0.3) is 0 Å². The van der Waals surface area contributed by atoms with E-state index in [2.05, 4.69) is 10.3 Å². The smallest absolute Gasteiger partial charge is 0.257 e. The average Bonchev–Trinajstić information content (AvgIpc) is 3.16. The zero-order valence-corrected chi connectivity index (χ0v) is 14.2. The minimum atomic E-state index is -0.105. The van der Waals surface area contributed by atoms with Crippen molar-refractivity contribution in [1.82, 2.24) is 15.2 Å². The maximum Gasteiger partial charge on any atom is 0.257 e. The quantitative estimate of drug-likeness (QED) is 0.862. The molecule has 0 atom stereocenters. The Morgan fingerprint density at radius 2 is 2.12 bits per heavy atom. The first kappa shape index (κ1) is 16.6. The summed E-state index contributed by atoms with van der Waals surface area (Å²) >= 11 is 1.45. The predicted octanol–water partition coefficient (Wildman–Crippen LogP) is 2.43.